The van der Waals surface area contributed by atoms with Crippen molar-refractivity contribution in [2.75, 3.05) is 0 Å². The van der Waals surface area contributed by atoms with E-state index in [2.05, 4.69) is 16.9 Å². The summed E-state index contributed by atoms with van der Waals surface area (Å²) in [5, 5.41) is 0.414. The van der Waals surface area contributed by atoms with Gasteiger partial charge in [-0.1, -0.05) is 36.7 Å². The van der Waals surface area contributed by atoms with Gasteiger partial charge in [-0.2, -0.15) is 4.98 Å². The van der Waals surface area contributed by atoms with E-state index < -0.39 is 0 Å². The minimum Gasteiger partial charge on any atom is -0.439 e. The predicted molar refractivity (Wildman–Crippen MR) is 72.3 cm³/mol. The summed E-state index contributed by atoms with van der Waals surface area (Å²) >= 11 is 5.96. The molecule has 0 aliphatic heterocycles. The Balaban J connectivity index is 2.26. The van der Waals surface area contributed by atoms with Crippen molar-refractivity contribution in [1.29, 1.82) is 0 Å². The Morgan fingerprint density at radius 3 is 2.72 bits per heavy atom. The smallest absolute Gasteiger partial charge is 0.224 e. The quantitative estimate of drug-likeness (QED) is 0.775. The molecule has 2 aromatic rings. The lowest BCUT2D eigenvalue weighted by Gasteiger charge is -2.08. The van der Waals surface area contributed by atoms with Crippen molar-refractivity contribution >= 4 is 11.6 Å². The third-order valence-corrected chi connectivity index (χ3v) is 2.69. The Hall–Kier alpha value is -1.61. The zero-order valence-corrected chi connectivity index (χ0v) is 11.2. The van der Waals surface area contributed by atoms with Crippen LogP contribution in [0, 0.1) is 6.92 Å². The monoisotopic (exact) mass is 262 g/mol. The number of rotatable bonds is 4. The van der Waals surface area contributed by atoms with E-state index in [0.717, 1.165) is 24.2 Å². The highest BCUT2D eigenvalue weighted by molar-refractivity contribution is 6.29. The van der Waals surface area contributed by atoms with E-state index in [-0.39, 0.29) is 0 Å². The molecule has 0 unspecified atom stereocenters. The second kappa shape index (κ2) is 5.83. The third-order valence-electron chi connectivity index (χ3n) is 2.50. The van der Waals surface area contributed by atoms with Gasteiger partial charge in [0.05, 0.1) is 0 Å². The minimum absolute atomic E-state index is 0.414. The number of benzene rings is 1. The second-order valence-corrected chi connectivity index (χ2v) is 4.45. The van der Waals surface area contributed by atoms with Crippen LogP contribution in [-0.2, 0) is 6.42 Å². The Labute approximate surface area is 112 Å². The summed E-state index contributed by atoms with van der Waals surface area (Å²) in [5.74, 6) is 2.00. The number of nitrogens with zero attached hydrogens (tertiary/aromatic N) is 2. The van der Waals surface area contributed by atoms with Crippen molar-refractivity contribution in [2.24, 2.45) is 0 Å². The van der Waals surface area contributed by atoms with Crippen molar-refractivity contribution in [3.8, 4) is 11.6 Å². The van der Waals surface area contributed by atoms with E-state index in [1.165, 1.54) is 0 Å². The summed E-state index contributed by atoms with van der Waals surface area (Å²) in [6.45, 7) is 4.07. The molecule has 3 nitrogen and oxygen atoms in total. The van der Waals surface area contributed by atoms with Crippen molar-refractivity contribution < 1.29 is 4.74 Å². The Bertz CT molecular complexity index is 543. The first-order valence-electron chi connectivity index (χ1n) is 5.96. The Morgan fingerprint density at radius 2 is 2.00 bits per heavy atom. The number of ether oxygens (including phenoxy) is 1. The molecular formula is C14H15ClN2O. The summed E-state index contributed by atoms with van der Waals surface area (Å²) in [4.78, 5) is 8.50. The molecule has 4 heteroatoms. The van der Waals surface area contributed by atoms with Gasteiger partial charge in [0, 0.05) is 12.5 Å². The minimum atomic E-state index is 0.414. The number of hydrogen-bond donors (Lipinski definition) is 0. The summed E-state index contributed by atoms with van der Waals surface area (Å²) in [5.41, 5.74) is 1.06. The molecule has 94 valence electrons. The fourth-order valence-electron chi connectivity index (χ4n) is 1.61. The van der Waals surface area contributed by atoms with Gasteiger partial charge in [0.25, 0.3) is 0 Å². The normalized spacial score (nSPS) is 10.4. The lowest BCUT2D eigenvalue weighted by molar-refractivity contribution is 0.455. The number of hydrogen-bond acceptors (Lipinski definition) is 3. The molecule has 18 heavy (non-hydrogen) atoms. The summed E-state index contributed by atoms with van der Waals surface area (Å²) in [6, 6.07) is 9.43. The molecule has 0 spiro atoms. The molecule has 0 aliphatic rings. The molecule has 0 fully saturated rings. The van der Waals surface area contributed by atoms with Gasteiger partial charge in [-0.25, -0.2) is 4.98 Å². The van der Waals surface area contributed by atoms with Gasteiger partial charge in [-0.3, -0.25) is 0 Å². The van der Waals surface area contributed by atoms with Crippen LogP contribution in [0.2, 0.25) is 5.15 Å². The molecule has 0 saturated heterocycles. The fourth-order valence-corrected chi connectivity index (χ4v) is 1.80. The van der Waals surface area contributed by atoms with Gasteiger partial charge < -0.3 is 4.74 Å². The van der Waals surface area contributed by atoms with Gasteiger partial charge >= 0.3 is 0 Å². The fraction of sp³-hybridized carbons (Fsp3) is 0.286. The SMILES string of the molecule is CCCc1nc(Cl)cc(Oc2ccccc2C)n1. The lowest BCUT2D eigenvalue weighted by atomic mass is 10.2. The van der Waals surface area contributed by atoms with Crippen molar-refractivity contribution in [2.45, 2.75) is 26.7 Å². The second-order valence-electron chi connectivity index (χ2n) is 4.06. The molecule has 1 aromatic carbocycles. The van der Waals surface area contributed by atoms with Gasteiger partial charge in [0.1, 0.15) is 16.7 Å². The molecule has 0 bridgehead atoms. The zero-order valence-electron chi connectivity index (χ0n) is 10.5. The van der Waals surface area contributed by atoms with Gasteiger partial charge in [-0.05, 0) is 25.0 Å². The van der Waals surface area contributed by atoms with Crippen LogP contribution in [0.4, 0.5) is 0 Å². The van der Waals surface area contributed by atoms with E-state index in [1.54, 1.807) is 6.07 Å². The number of aryl methyl sites for hydroxylation is 2. The van der Waals surface area contributed by atoms with E-state index >= 15 is 0 Å². The Kier molecular flexibility index (Phi) is 4.15. The number of halogens is 1. The molecule has 2 rings (SSSR count). The van der Waals surface area contributed by atoms with Crippen LogP contribution in [0.25, 0.3) is 0 Å². The van der Waals surface area contributed by atoms with Crippen LogP contribution in [0.5, 0.6) is 11.6 Å². The maximum Gasteiger partial charge on any atom is 0.224 e. The maximum absolute atomic E-state index is 5.96. The van der Waals surface area contributed by atoms with Gasteiger partial charge in [-0.15, -0.1) is 0 Å². The van der Waals surface area contributed by atoms with E-state index in [0.29, 0.717) is 16.9 Å². The highest BCUT2D eigenvalue weighted by atomic mass is 35.5. The summed E-state index contributed by atoms with van der Waals surface area (Å²) in [7, 11) is 0. The zero-order chi connectivity index (χ0) is 13.0. The van der Waals surface area contributed by atoms with Crippen LogP contribution in [0.1, 0.15) is 24.7 Å². The molecule has 0 radical (unpaired) electrons. The topological polar surface area (TPSA) is 35.0 Å². The lowest BCUT2D eigenvalue weighted by Crippen LogP contribution is -1.98. The van der Waals surface area contributed by atoms with Crippen molar-refractivity contribution in [3.05, 3.63) is 46.9 Å². The molecule has 0 saturated carbocycles. The van der Waals surface area contributed by atoms with Crippen LogP contribution in [0.3, 0.4) is 0 Å². The molecular weight excluding hydrogens is 248 g/mol. The van der Waals surface area contributed by atoms with Crippen molar-refractivity contribution in [3.63, 3.8) is 0 Å². The predicted octanol–water partition coefficient (Wildman–Crippen LogP) is 4.18. The summed E-state index contributed by atoms with van der Waals surface area (Å²) < 4.78 is 5.74. The Morgan fingerprint density at radius 1 is 1.22 bits per heavy atom. The first kappa shape index (κ1) is 12.8. The molecule has 1 heterocycles. The average Bonchev–Trinajstić information content (AvgIpc) is 2.32. The standard InChI is InChI=1S/C14H15ClN2O/c1-3-6-13-16-12(15)9-14(17-13)18-11-8-5-4-7-10(11)2/h4-5,7-9H,3,6H2,1-2H3. The number of aromatic nitrogens is 2. The molecule has 0 atom stereocenters. The van der Waals surface area contributed by atoms with Gasteiger partial charge in [0.2, 0.25) is 5.88 Å². The largest absolute Gasteiger partial charge is 0.439 e. The van der Waals surface area contributed by atoms with Crippen LogP contribution in [0.15, 0.2) is 30.3 Å². The molecule has 0 amide bonds. The van der Waals surface area contributed by atoms with Gasteiger partial charge in [0.15, 0.2) is 0 Å². The number of para-hydroxylation sites is 1. The summed E-state index contributed by atoms with van der Waals surface area (Å²) in [6.07, 6.45) is 1.77. The van der Waals surface area contributed by atoms with E-state index in [4.69, 9.17) is 16.3 Å². The molecule has 0 aliphatic carbocycles. The molecule has 1 aromatic heterocycles. The average molecular weight is 263 g/mol. The maximum atomic E-state index is 5.96. The van der Waals surface area contributed by atoms with Crippen LogP contribution >= 0.6 is 11.6 Å². The van der Waals surface area contributed by atoms with Crippen molar-refractivity contribution in [1.82, 2.24) is 9.97 Å². The van der Waals surface area contributed by atoms with E-state index in [9.17, 15) is 0 Å². The van der Waals surface area contributed by atoms with E-state index in [1.807, 2.05) is 31.2 Å². The van der Waals surface area contributed by atoms with Crippen LogP contribution in [-0.4, -0.2) is 9.97 Å². The molecule has 0 N–H and O–H groups in total. The first-order valence-corrected chi connectivity index (χ1v) is 6.33. The highest BCUT2D eigenvalue weighted by Gasteiger charge is 2.06. The highest BCUT2D eigenvalue weighted by Crippen LogP contribution is 2.24. The third kappa shape index (κ3) is 3.20. The van der Waals surface area contributed by atoms with Crippen LogP contribution < -0.4 is 4.74 Å². The first-order chi connectivity index (χ1) is 8.69.